The normalized spacial score (nSPS) is 24.6. The predicted molar refractivity (Wildman–Crippen MR) is 84.2 cm³/mol. The van der Waals surface area contributed by atoms with E-state index in [0.29, 0.717) is 28.1 Å². The molecule has 0 N–H and O–H groups in total. The molecule has 0 radical (unpaired) electrons. The molecule has 1 saturated heterocycles. The highest BCUT2D eigenvalue weighted by molar-refractivity contribution is 9.11. The second-order valence-corrected chi connectivity index (χ2v) is 6.66. The summed E-state index contributed by atoms with van der Waals surface area (Å²) >= 11 is 4.72. The standard InChI is InChI=1S/C14H18BrNO2S/c1-5-7-16(4)13(18)14(8-10(3)15)9-19-11(6-2)12(14)17/h5-6H,1,3,7-9H2,2,4H3/b11-6-. The highest BCUT2D eigenvalue weighted by Crippen LogP contribution is 2.46. The molecular formula is C14H18BrNO2S. The molecule has 1 unspecified atom stereocenters. The monoisotopic (exact) mass is 343 g/mol. The summed E-state index contributed by atoms with van der Waals surface area (Å²) < 4.78 is 0.666. The number of rotatable bonds is 5. The summed E-state index contributed by atoms with van der Waals surface area (Å²) in [6, 6.07) is 0. The van der Waals surface area contributed by atoms with Crippen molar-refractivity contribution in [3.63, 3.8) is 0 Å². The van der Waals surface area contributed by atoms with E-state index < -0.39 is 5.41 Å². The van der Waals surface area contributed by atoms with Gasteiger partial charge < -0.3 is 4.90 Å². The third-order valence-electron chi connectivity index (χ3n) is 3.05. The molecule has 0 aromatic carbocycles. The van der Waals surface area contributed by atoms with Gasteiger partial charge in [-0.05, 0) is 11.4 Å². The first-order chi connectivity index (χ1) is 8.89. The number of allylic oxidation sites excluding steroid dienone is 3. The summed E-state index contributed by atoms with van der Waals surface area (Å²) in [5.41, 5.74) is -1.02. The Balaban J connectivity index is 3.15. The Labute approximate surface area is 126 Å². The zero-order chi connectivity index (χ0) is 14.6. The van der Waals surface area contributed by atoms with Gasteiger partial charge in [0.1, 0.15) is 5.41 Å². The summed E-state index contributed by atoms with van der Waals surface area (Å²) in [6.45, 7) is 9.65. The number of nitrogens with zero attached hydrogens (tertiary/aromatic N) is 1. The highest BCUT2D eigenvalue weighted by Gasteiger charge is 2.52. The minimum atomic E-state index is -1.02. The molecule has 1 aliphatic rings. The van der Waals surface area contributed by atoms with Crippen LogP contribution in [0.3, 0.4) is 0 Å². The van der Waals surface area contributed by atoms with Crippen molar-refractivity contribution in [1.82, 2.24) is 4.90 Å². The van der Waals surface area contributed by atoms with E-state index in [2.05, 4.69) is 29.1 Å². The average Bonchev–Trinajstić information content (AvgIpc) is 2.66. The Morgan fingerprint density at radius 3 is 2.68 bits per heavy atom. The van der Waals surface area contributed by atoms with Crippen LogP contribution in [0.25, 0.3) is 0 Å². The van der Waals surface area contributed by atoms with Crippen molar-refractivity contribution in [2.75, 3.05) is 19.3 Å². The van der Waals surface area contributed by atoms with Gasteiger partial charge in [0.15, 0.2) is 5.78 Å². The summed E-state index contributed by atoms with van der Waals surface area (Å²) in [5, 5.41) is 0. The fourth-order valence-electron chi connectivity index (χ4n) is 2.12. The van der Waals surface area contributed by atoms with Crippen molar-refractivity contribution in [3.8, 4) is 0 Å². The minimum Gasteiger partial charge on any atom is -0.341 e. The molecule has 19 heavy (non-hydrogen) atoms. The van der Waals surface area contributed by atoms with E-state index in [4.69, 9.17) is 0 Å². The van der Waals surface area contributed by atoms with Crippen LogP contribution in [0.1, 0.15) is 13.3 Å². The first kappa shape index (κ1) is 16.2. The van der Waals surface area contributed by atoms with Gasteiger partial charge in [-0.3, -0.25) is 9.59 Å². The molecule has 1 rings (SSSR count). The van der Waals surface area contributed by atoms with Crippen molar-refractivity contribution in [2.45, 2.75) is 13.3 Å². The Bertz CT molecular complexity index is 458. The molecule has 104 valence electrons. The molecule has 1 fully saturated rings. The zero-order valence-electron chi connectivity index (χ0n) is 11.2. The minimum absolute atomic E-state index is 0.0958. The van der Waals surface area contributed by atoms with Crippen LogP contribution in [0.15, 0.2) is 34.7 Å². The summed E-state index contributed by atoms with van der Waals surface area (Å²) in [6.07, 6.45) is 3.75. The maximum absolute atomic E-state index is 12.6. The number of carbonyl (C=O) groups excluding carboxylic acids is 2. The quantitative estimate of drug-likeness (QED) is 0.437. The lowest BCUT2D eigenvalue weighted by atomic mass is 9.80. The lowest BCUT2D eigenvalue weighted by Gasteiger charge is -2.29. The number of likely N-dealkylation sites (N-methyl/N-ethyl adjacent to an activating group) is 1. The predicted octanol–water partition coefficient (Wildman–Crippen LogP) is 3.14. The molecule has 0 aliphatic carbocycles. The number of carbonyl (C=O) groups is 2. The first-order valence-corrected chi connectivity index (χ1v) is 7.70. The van der Waals surface area contributed by atoms with Crippen LogP contribution in [0, 0.1) is 5.41 Å². The van der Waals surface area contributed by atoms with Crippen LogP contribution in [0.4, 0.5) is 0 Å². The number of halogens is 1. The number of ketones is 1. The van der Waals surface area contributed by atoms with Gasteiger partial charge in [0.25, 0.3) is 0 Å². The molecule has 5 heteroatoms. The third kappa shape index (κ3) is 3.20. The molecule has 1 amide bonds. The molecule has 1 atom stereocenters. The van der Waals surface area contributed by atoms with Crippen molar-refractivity contribution >= 4 is 39.4 Å². The summed E-state index contributed by atoms with van der Waals surface area (Å²) in [5.74, 6) is 0.208. The molecule has 0 spiro atoms. The van der Waals surface area contributed by atoms with E-state index >= 15 is 0 Å². The third-order valence-corrected chi connectivity index (χ3v) is 4.70. The van der Waals surface area contributed by atoms with Gasteiger partial charge in [0.05, 0.1) is 0 Å². The van der Waals surface area contributed by atoms with Crippen molar-refractivity contribution in [3.05, 3.63) is 34.7 Å². The molecule has 3 nitrogen and oxygen atoms in total. The maximum Gasteiger partial charge on any atom is 0.237 e. The van der Waals surface area contributed by atoms with E-state index in [0.717, 1.165) is 0 Å². The summed E-state index contributed by atoms with van der Waals surface area (Å²) in [7, 11) is 1.69. The van der Waals surface area contributed by atoms with Gasteiger partial charge in [-0.2, -0.15) is 0 Å². The second-order valence-electron chi connectivity index (χ2n) is 4.52. The summed E-state index contributed by atoms with van der Waals surface area (Å²) in [4.78, 5) is 27.3. The van der Waals surface area contributed by atoms with Gasteiger partial charge >= 0.3 is 0 Å². The van der Waals surface area contributed by atoms with E-state index in [-0.39, 0.29) is 11.7 Å². The number of thioether (sulfide) groups is 1. The number of hydrogen-bond donors (Lipinski definition) is 0. The molecular weight excluding hydrogens is 326 g/mol. The SMILES string of the molecule is C=CCN(C)C(=O)C1(CC(=C)Br)CS/C(=C\C)C1=O. The molecule has 0 saturated carbocycles. The lowest BCUT2D eigenvalue weighted by Crippen LogP contribution is -2.46. The van der Waals surface area contributed by atoms with E-state index in [1.165, 1.54) is 11.8 Å². The Kier molecular flexibility index (Phi) is 5.62. The van der Waals surface area contributed by atoms with E-state index in [1.54, 1.807) is 24.1 Å². The molecule has 1 heterocycles. The molecule has 0 bridgehead atoms. The maximum atomic E-state index is 12.6. The van der Waals surface area contributed by atoms with Crippen LogP contribution in [-0.4, -0.2) is 35.9 Å². The molecule has 1 aliphatic heterocycles. The number of Topliss-reactive ketones (excluding diaryl/α,β-unsaturated/α-hetero) is 1. The van der Waals surface area contributed by atoms with Crippen LogP contribution in [-0.2, 0) is 9.59 Å². The van der Waals surface area contributed by atoms with Crippen LogP contribution in [0.5, 0.6) is 0 Å². The smallest absolute Gasteiger partial charge is 0.237 e. The van der Waals surface area contributed by atoms with Gasteiger partial charge in [-0.15, -0.1) is 18.3 Å². The van der Waals surface area contributed by atoms with E-state index in [9.17, 15) is 9.59 Å². The van der Waals surface area contributed by atoms with Gasteiger partial charge in [-0.1, -0.05) is 34.7 Å². The van der Waals surface area contributed by atoms with Gasteiger partial charge in [0, 0.05) is 30.7 Å². The topological polar surface area (TPSA) is 37.4 Å². The first-order valence-electron chi connectivity index (χ1n) is 5.92. The van der Waals surface area contributed by atoms with Gasteiger partial charge in [0.2, 0.25) is 5.91 Å². The van der Waals surface area contributed by atoms with Crippen molar-refractivity contribution in [2.24, 2.45) is 5.41 Å². The van der Waals surface area contributed by atoms with Crippen molar-refractivity contribution < 1.29 is 9.59 Å². The molecule has 0 aromatic rings. The largest absolute Gasteiger partial charge is 0.341 e. The number of amides is 1. The zero-order valence-corrected chi connectivity index (χ0v) is 13.6. The van der Waals surface area contributed by atoms with E-state index in [1.807, 2.05) is 6.92 Å². The lowest BCUT2D eigenvalue weighted by molar-refractivity contribution is -0.144. The average molecular weight is 344 g/mol. The number of hydrogen-bond acceptors (Lipinski definition) is 3. The van der Waals surface area contributed by atoms with Gasteiger partial charge in [-0.25, -0.2) is 0 Å². The fraction of sp³-hybridized carbons (Fsp3) is 0.429. The fourth-order valence-corrected chi connectivity index (χ4v) is 3.85. The Morgan fingerprint density at radius 1 is 1.63 bits per heavy atom. The second kappa shape index (κ2) is 6.57. The highest BCUT2D eigenvalue weighted by atomic mass is 79.9. The Morgan fingerprint density at radius 2 is 2.26 bits per heavy atom. The van der Waals surface area contributed by atoms with Crippen LogP contribution >= 0.6 is 27.7 Å². The molecule has 0 aromatic heterocycles. The van der Waals surface area contributed by atoms with Crippen LogP contribution < -0.4 is 0 Å². The van der Waals surface area contributed by atoms with Crippen molar-refractivity contribution in [1.29, 1.82) is 0 Å². The van der Waals surface area contributed by atoms with Crippen LogP contribution in [0.2, 0.25) is 0 Å². The Hall–Kier alpha value is -0.810.